The zero-order valence-corrected chi connectivity index (χ0v) is 12.9. The molecule has 1 N–H and O–H groups in total. The lowest BCUT2D eigenvalue weighted by Crippen LogP contribution is -2.46. The summed E-state index contributed by atoms with van der Waals surface area (Å²) in [4.78, 5) is 26.8. The number of nitrogens with zero attached hydrogens (tertiary/aromatic N) is 3. The van der Waals surface area contributed by atoms with Gasteiger partial charge in [0.15, 0.2) is 5.78 Å². The second-order valence-corrected chi connectivity index (χ2v) is 5.26. The minimum atomic E-state index is -0.424. The van der Waals surface area contributed by atoms with Crippen LogP contribution in [0, 0.1) is 11.8 Å². The number of hydrogen-bond acceptors (Lipinski definition) is 3. The number of rotatable bonds is 10. The summed E-state index contributed by atoms with van der Waals surface area (Å²) >= 11 is 0. The van der Waals surface area contributed by atoms with Crippen LogP contribution < -0.4 is 5.32 Å². The van der Waals surface area contributed by atoms with E-state index in [0.717, 1.165) is 12.8 Å². The van der Waals surface area contributed by atoms with E-state index < -0.39 is 6.04 Å². The fraction of sp³-hybridized carbons (Fsp3) is 0.857. The van der Waals surface area contributed by atoms with Gasteiger partial charge in [-0.3, -0.25) is 9.59 Å². The molecule has 1 amide bonds. The van der Waals surface area contributed by atoms with Crippen molar-refractivity contribution in [3.8, 4) is 0 Å². The quantitative estimate of drug-likeness (QED) is 0.288. The van der Waals surface area contributed by atoms with Gasteiger partial charge < -0.3 is 5.32 Å². The van der Waals surface area contributed by atoms with Gasteiger partial charge in [-0.1, -0.05) is 32.8 Å². The molecule has 0 bridgehead atoms. The van der Waals surface area contributed by atoms with Crippen molar-refractivity contribution in [2.45, 2.75) is 59.4 Å². The van der Waals surface area contributed by atoms with Crippen molar-refractivity contribution in [3.05, 3.63) is 10.4 Å². The van der Waals surface area contributed by atoms with Gasteiger partial charge in [0.2, 0.25) is 5.91 Å². The van der Waals surface area contributed by atoms with E-state index in [1.165, 1.54) is 0 Å². The van der Waals surface area contributed by atoms with Crippen molar-refractivity contribution in [3.63, 3.8) is 0 Å². The number of hydrogen-bond donors (Lipinski definition) is 1. The fourth-order valence-corrected chi connectivity index (χ4v) is 2.11. The predicted molar refractivity (Wildman–Crippen MR) is 79.1 cm³/mol. The predicted octanol–water partition coefficient (Wildman–Crippen LogP) is 3.22. The Morgan fingerprint density at radius 3 is 2.30 bits per heavy atom. The highest BCUT2D eigenvalue weighted by Gasteiger charge is 2.28. The molecule has 20 heavy (non-hydrogen) atoms. The number of azide groups is 1. The van der Waals surface area contributed by atoms with E-state index >= 15 is 0 Å². The molecule has 6 nitrogen and oxygen atoms in total. The molecular formula is C14H26N4O2. The first kappa shape index (κ1) is 18.4. The zero-order valence-electron chi connectivity index (χ0n) is 12.9. The molecule has 0 fully saturated rings. The van der Waals surface area contributed by atoms with Crippen LogP contribution >= 0.6 is 0 Å². The van der Waals surface area contributed by atoms with Gasteiger partial charge in [0.05, 0.1) is 6.04 Å². The third kappa shape index (κ3) is 6.57. The smallest absolute Gasteiger partial charge is 0.220 e. The summed E-state index contributed by atoms with van der Waals surface area (Å²) in [5, 5.41) is 6.20. The number of nitrogens with one attached hydrogen (secondary N) is 1. The highest BCUT2D eigenvalue weighted by atomic mass is 16.2. The first-order valence-corrected chi connectivity index (χ1v) is 7.31. The van der Waals surface area contributed by atoms with Crippen LogP contribution in [0.1, 0.15) is 53.4 Å². The molecule has 0 heterocycles. The van der Waals surface area contributed by atoms with Gasteiger partial charge in [-0.05, 0) is 30.7 Å². The normalized spacial score (nSPS) is 12.1. The number of carbonyl (C=O) groups excluding carboxylic acids is 2. The SMILES string of the molecule is CCC(CC)C(=O)[C@@H](NC(=O)CCCN=[N+]=[N-])C(C)C. The van der Waals surface area contributed by atoms with E-state index in [1.54, 1.807) is 0 Å². The summed E-state index contributed by atoms with van der Waals surface area (Å²) in [6.45, 7) is 8.16. The highest BCUT2D eigenvalue weighted by molar-refractivity contribution is 5.90. The van der Waals surface area contributed by atoms with Gasteiger partial charge in [0.25, 0.3) is 0 Å². The fourth-order valence-electron chi connectivity index (χ4n) is 2.11. The zero-order chi connectivity index (χ0) is 15.5. The van der Waals surface area contributed by atoms with Gasteiger partial charge >= 0.3 is 0 Å². The van der Waals surface area contributed by atoms with E-state index in [-0.39, 0.29) is 29.9 Å². The second kappa shape index (κ2) is 10.3. The van der Waals surface area contributed by atoms with E-state index in [0.29, 0.717) is 13.0 Å². The molecule has 114 valence electrons. The Kier molecular flexibility index (Phi) is 9.47. The third-order valence-corrected chi connectivity index (χ3v) is 3.40. The van der Waals surface area contributed by atoms with Crippen molar-refractivity contribution in [2.75, 3.05) is 6.54 Å². The molecule has 0 aliphatic rings. The summed E-state index contributed by atoms with van der Waals surface area (Å²) in [5.41, 5.74) is 8.15. The maximum Gasteiger partial charge on any atom is 0.220 e. The first-order chi connectivity index (χ1) is 9.47. The Labute approximate surface area is 120 Å². The number of ketones is 1. The highest BCUT2D eigenvalue weighted by Crippen LogP contribution is 2.16. The van der Waals surface area contributed by atoms with Crippen molar-refractivity contribution in [1.29, 1.82) is 0 Å². The second-order valence-electron chi connectivity index (χ2n) is 5.26. The summed E-state index contributed by atoms with van der Waals surface area (Å²) in [6.07, 6.45) is 2.37. The topological polar surface area (TPSA) is 94.9 Å². The largest absolute Gasteiger partial charge is 0.346 e. The van der Waals surface area contributed by atoms with Crippen molar-refractivity contribution in [1.82, 2.24) is 5.32 Å². The molecule has 0 aliphatic heterocycles. The van der Waals surface area contributed by atoms with Gasteiger partial charge in [-0.25, -0.2) is 0 Å². The number of Topliss-reactive ketones (excluding diaryl/α,β-unsaturated/α-hetero) is 1. The summed E-state index contributed by atoms with van der Waals surface area (Å²) in [5.74, 6) is 0.0413. The van der Waals surface area contributed by atoms with E-state index in [4.69, 9.17) is 5.53 Å². The van der Waals surface area contributed by atoms with Crippen LogP contribution in [0.15, 0.2) is 5.11 Å². The molecule has 1 atom stereocenters. The monoisotopic (exact) mass is 282 g/mol. The first-order valence-electron chi connectivity index (χ1n) is 7.31. The van der Waals surface area contributed by atoms with Crippen LogP contribution in [0.4, 0.5) is 0 Å². The molecule has 0 aliphatic carbocycles. The average Bonchev–Trinajstić information content (AvgIpc) is 2.41. The summed E-state index contributed by atoms with van der Waals surface area (Å²) in [7, 11) is 0. The standard InChI is InChI=1S/C14H26N4O2/c1-5-11(6-2)14(20)13(10(3)4)17-12(19)8-7-9-16-18-15/h10-11,13H,5-9H2,1-4H3,(H,17,19)/t13-/m0/s1. The average molecular weight is 282 g/mol. The van der Waals surface area contributed by atoms with Gasteiger partial charge in [0, 0.05) is 23.8 Å². The lowest BCUT2D eigenvalue weighted by atomic mass is 9.88. The molecule has 0 aromatic heterocycles. The lowest BCUT2D eigenvalue weighted by Gasteiger charge is -2.25. The molecule has 0 saturated carbocycles. The van der Waals surface area contributed by atoms with Gasteiger partial charge in [0.1, 0.15) is 0 Å². The molecule has 0 aromatic rings. The molecule has 0 saturated heterocycles. The van der Waals surface area contributed by atoms with Crippen LogP contribution in [-0.4, -0.2) is 24.3 Å². The minimum Gasteiger partial charge on any atom is -0.346 e. The van der Waals surface area contributed by atoms with E-state index in [2.05, 4.69) is 15.3 Å². The summed E-state index contributed by atoms with van der Waals surface area (Å²) in [6, 6.07) is -0.424. The van der Waals surface area contributed by atoms with E-state index in [9.17, 15) is 9.59 Å². The van der Waals surface area contributed by atoms with E-state index in [1.807, 2.05) is 27.7 Å². The maximum atomic E-state index is 12.4. The van der Waals surface area contributed by atoms with Crippen molar-refractivity contribution < 1.29 is 9.59 Å². The molecule has 0 radical (unpaired) electrons. The Balaban J connectivity index is 4.50. The summed E-state index contributed by atoms with van der Waals surface area (Å²) < 4.78 is 0. The molecule has 0 rings (SSSR count). The van der Waals surface area contributed by atoms with Gasteiger partial charge in [-0.15, -0.1) is 0 Å². The molecule has 0 aromatic carbocycles. The minimum absolute atomic E-state index is 0.00545. The van der Waals surface area contributed by atoms with Crippen molar-refractivity contribution in [2.24, 2.45) is 17.0 Å². The third-order valence-electron chi connectivity index (χ3n) is 3.40. The van der Waals surface area contributed by atoms with Crippen LogP contribution in [0.25, 0.3) is 10.4 Å². The number of carbonyl (C=O) groups is 2. The van der Waals surface area contributed by atoms with Gasteiger partial charge in [-0.2, -0.15) is 0 Å². The molecule has 6 heteroatoms. The van der Waals surface area contributed by atoms with Crippen LogP contribution in [0.5, 0.6) is 0 Å². The molecule has 0 unspecified atom stereocenters. The Morgan fingerprint density at radius 2 is 1.85 bits per heavy atom. The van der Waals surface area contributed by atoms with Crippen molar-refractivity contribution >= 4 is 11.7 Å². The van der Waals surface area contributed by atoms with Crippen LogP contribution in [0.3, 0.4) is 0 Å². The van der Waals surface area contributed by atoms with Crippen LogP contribution in [0.2, 0.25) is 0 Å². The molecule has 0 spiro atoms. The lowest BCUT2D eigenvalue weighted by molar-refractivity contribution is -0.131. The number of amides is 1. The Hall–Kier alpha value is -1.55. The molecular weight excluding hydrogens is 256 g/mol. The Bertz CT molecular complexity index is 358. The maximum absolute atomic E-state index is 12.4. The van der Waals surface area contributed by atoms with Crippen LogP contribution in [-0.2, 0) is 9.59 Å². The Morgan fingerprint density at radius 1 is 1.25 bits per heavy atom.